The molecular weight excluding hydrogens is 282 g/mol. The molecule has 0 saturated carbocycles. The quantitative estimate of drug-likeness (QED) is 0.831. The van der Waals surface area contributed by atoms with Gasteiger partial charge >= 0.3 is 0 Å². The molecule has 1 unspecified atom stereocenters. The summed E-state index contributed by atoms with van der Waals surface area (Å²) in [6.45, 7) is 10.1. The van der Waals surface area contributed by atoms with Gasteiger partial charge in [-0.3, -0.25) is 0 Å². The van der Waals surface area contributed by atoms with Crippen LogP contribution in [-0.2, 0) is 5.41 Å². The highest BCUT2D eigenvalue weighted by Crippen LogP contribution is 2.25. The minimum atomic E-state index is 0.186. The van der Waals surface area contributed by atoms with Crippen LogP contribution in [0, 0.1) is 6.92 Å². The zero-order valence-corrected chi connectivity index (χ0v) is 14.8. The second kappa shape index (κ2) is 7.65. The van der Waals surface area contributed by atoms with Crippen LogP contribution in [0.1, 0.15) is 49.8 Å². The normalized spacial score (nSPS) is 12.9. The standard InChI is InChI=1S/C21H29NO/c1-16-6-5-7-20(14-16)23-13-12-18(15-22)17-8-10-19(11-9-17)21(2,3)4/h5-11,14,18H,12-13,15,22H2,1-4H3. The highest BCUT2D eigenvalue weighted by atomic mass is 16.5. The zero-order valence-electron chi connectivity index (χ0n) is 14.8. The summed E-state index contributed by atoms with van der Waals surface area (Å²) in [7, 11) is 0. The van der Waals surface area contributed by atoms with Gasteiger partial charge in [0.1, 0.15) is 5.75 Å². The van der Waals surface area contributed by atoms with Gasteiger partial charge in [-0.25, -0.2) is 0 Å². The van der Waals surface area contributed by atoms with Crippen molar-refractivity contribution in [3.63, 3.8) is 0 Å². The van der Waals surface area contributed by atoms with E-state index in [-0.39, 0.29) is 5.41 Å². The molecule has 0 radical (unpaired) electrons. The van der Waals surface area contributed by atoms with Gasteiger partial charge in [0.05, 0.1) is 6.61 Å². The van der Waals surface area contributed by atoms with Crippen molar-refractivity contribution in [1.82, 2.24) is 0 Å². The predicted molar refractivity (Wildman–Crippen MR) is 98.2 cm³/mol. The SMILES string of the molecule is Cc1cccc(OCCC(CN)c2ccc(C(C)(C)C)cc2)c1. The van der Waals surface area contributed by atoms with Gasteiger partial charge in [0.25, 0.3) is 0 Å². The highest BCUT2D eigenvalue weighted by Gasteiger charge is 2.15. The smallest absolute Gasteiger partial charge is 0.119 e. The summed E-state index contributed by atoms with van der Waals surface area (Å²) in [4.78, 5) is 0. The van der Waals surface area contributed by atoms with Crippen molar-refractivity contribution >= 4 is 0 Å². The van der Waals surface area contributed by atoms with Crippen molar-refractivity contribution in [2.24, 2.45) is 5.73 Å². The Labute approximate surface area is 140 Å². The molecule has 0 heterocycles. The van der Waals surface area contributed by atoms with Crippen LogP contribution >= 0.6 is 0 Å². The Kier molecular flexibility index (Phi) is 5.84. The predicted octanol–water partition coefficient (Wildman–Crippen LogP) is 4.80. The first kappa shape index (κ1) is 17.6. The monoisotopic (exact) mass is 311 g/mol. The molecule has 23 heavy (non-hydrogen) atoms. The third-order valence-electron chi connectivity index (χ3n) is 4.26. The van der Waals surface area contributed by atoms with Gasteiger partial charge in [-0.1, -0.05) is 57.2 Å². The molecule has 2 heteroatoms. The zero-order chi connectivity index (χ0) is 16.9. The molecule has 2 aromatic rings. The number of aryl methyl sites for hydroxylation is 1. The topological polar surface area (TPSA) is 35.2 Å². The molecule has 0 saturated heterocycles. The Morgan fingerprint density at radius 3 is 2.30 bits per heavy atom. The maximum atomic E-state index is 5.98. The van der Waals surface area contributed by atoms with Crippen LogP contribution in [0.5, 0.6) is 5.75 Å². The van der Waals surface area contributed by atoms with Crippen molar-refractivity contribution in [3.05, 3.63) is 65.2 Å². The molecule has 2 nitrogen and oxygen atoms in total. The number of benzene rings is 2. The van der Waals surface area contributed by atoms with Gasteiger partial charge < -0.3 is 10.5 Å². The summed E-state index contributed by atoms with van der Waals surface area (Å²) in [6.07, 6.45) is 0.930. The lowest BCUT2D eigenvalue weighted by Gasteiger charge is -2.21. The summed E-state index contributed by atoms with van der Waals surface area (Å²) in [5.74, 6) is 1.28. The van der Waals surface area contributed by atoms with Crippen molar-refractivity contribution in [3.8, 4) is 5.75 Å². The van der Waals surface area contributed by atoms with Gasteiger partial charge in [-0.2, -0.15) is 0 Å². The van der Waals surface area contributed by atoms with Crippen molar-refractivity contribution < 1.29 is 4.74 Å². The largest absolute Gasteiger partial charge is 0.494 e. The summed E-state index contributed by atoms with van der Waals surface area (Å²) < 4.78 is 5.86. The van der Waals surface area contributed by atoms with E-state index in [4.69, 9.17) is 10.5 Å². The molecule has 0 aliphatic rings. The Bertz CT molecular complexity index is 610. The summed E-state index contributed by atoms with van der Waals surface area (Å²) in [5, 5.41) is 0. The lowest BCUT2D eigenvalue weighted by atomic mass is 9.85. The molecule has 0 bridgehead atoms. The fraction of sp³-hybridized carbons (Fsp3) is 0.429. The van der Waals surface area contributed by atoms with Crippen LogP contribution in [0.3, 0.4) is 0 Å². The molecule has 0 aliphatic heterocycles. The molecule has 1 atom stereocenters. The first-order valence-corrected chi connectivity index (χ1v) is 8.40. The fourth-order valence-corrected chi connectivity index (χ4v) is 2.70. The first-order valence-electron chi connectivity index (χ1n) is 8.40. The Morgan fingerprint density at radius 2 is 1.74 bits per heavy atom. The number of nitrogens with two attached hydrogens (primary N) is 1. The first-order chi connectivity index (χ1) is 10.9. The molecule has 0 aliphatic carbocycles. The van der Waals surface area contributed by atoms with Gasteiger partial charge in [0, 0.05) is 0 Å². The van der Waals surface area contributed by atoms with E-state index in [0.29, 0.717) is 19.1 Å². The third kappa shape index (κ3) is 5.11. The van der Waals surface area contributed by atoms with Gasteiger partial charge in [0.15, 0.2) is 0 Å². The van der Waals surface area contributed by atoms with Gasteiger partial charge in [-0.05, 0) is 60.0 Å². The second-order valence-corrected chi connectivity index (χ2v) is 7.26. The lowest BCUT2D eigenvalue weighted by molar-refractivity contribution is 0.298. The van der Waals surface area contributed by atoms with E-state index in [1.165, 1.54) is 16.7 Å². The summed E-state index contributed by atoms with van der Waals surface area (Å²) in [6, 6.07) is 17.0. The van der Waals surface area contributed by atoms with Crippen LogP contribution in [0.4, 0.5) is 0 Å². The van der Waals surface area contributed by atoms with Crippen molar-refractivity contribution in [2.75, 3.05) is 13.2 Å². The van der Waals surface area contributed by atoms with Crippen LogP contribution < -0.4 is 10.5 Å². The fourth-order valence-electron chi connectivity index (χ4n) is 2.70. The van der Waals surface area contributed by atoms with Gasteiger partial charge in [0.2, 0.25) is 0 Å². The Hall–Kier alpha value is -1.80. The number of hydrogen-bond donors (Lipinski definition) is 1. The molecule has 2 rings (SSSR count). The van der Waals surface area contributed by atoms with Crippen LogP contribution in [0.15, 0.2) is 48.5 Å². The van der Waals surface area contributed by atoms with E-state index in [1.807, 2.05) is 12.1 Å². The average Bonchev–Trinajstić information content (AvgIpc) is 2.51. The molecular formula is C21H29NO. The minimum Gasteiger partial charge on any atom is -0.494 e. The van der Waals surface area contributed by atoms with E-state index in [1.54, 1.807) is 0 Å². The molecule has 0 amide bonds. The summed E-state index contributed by atoms with van der Waals surface area (Å²) in [5.41, 5.74) is 10.0. The molecule has 0 spiro atoms. The van der Waals surface area contributed by atoms with Crippen molar-refractivity contribution in [2.45, 2.75) is 45.4 Å². The van der Waals surface area contributed by atoms with Crippen LogP contribution in [0.2, 0.25) is 0 Å². The van der Waals surface area contributed by atoms with Crippen LogP contribution in [-0.4, -0.2) is 13.2 Å². The molecule has 2 N–H and O–H groups in total. The third-order valence-corrected chi connectivity index (χ3v) is 4.26. The second-order valence-electron chi connectivity index (χ2n) is 7.26. The van der Waals surface area contributed by atoms with Crippen LogP contribution in [0.25, 0.3) is 0 Å². The van der Waals surface area contributed by atoms with E-state index >= 15 is 0 Å². The van der Waals surface area contributed by atoms with E-state index in [2.05, 4.69) is 64.1 Å². The Balaban J connectivity index is 1.94. The molecule has 0 aromatic heterocycles. The maximum absolute atomic E-state index is 5.98. The summed E-state index contributed by atoms with van der Waals surface area (Å²) >= 11 is 0. The maximum Gasteiger partial charge on any atom is 0.119 e. The average molecular weight is 311 g/mol. The molecule has 0 fully saturated rings. The molecule has 2 aromatic carbocycles. The van der Waals surface area contributed by atoms with E-state index < -0.39 is 0 Å². The number of hydrogen-bond acceptors (Lipinski definition) is 2. The van der Waals surface area contributed by atoms with E-state index in [9.17, 15) is 0 Å². The van der Waals surface area contributed by atoms with Crippen molar-refractivity contribution in [1.29, 1.82) is 0 Å². The van der Waals surface area contributed by atoms with E-state index in [0.717, 1.165) is 12.2 Å². The Morgan fingerprint density at radius 1 is 1.04 bits per heavy atom. The number of rotatable bonds is 6. The van der Waals surface area contributed by atoms with Gasteiger partial charge in [-0.15, -0.1) is 0 Å². The minimum absolute atomic E-state index is 0.186. The number of ether oxygens (including phenoxy) is 1. The highest BCUT2D eigenvalue weighted by molar-refractivity contribution is 5.30. The molecule has 124 valence electrons. The lowest BCUT2D eigenvalue weighted by Crippen LogP contribution is -2.16.